The minimum absolute atomic E-state index is 0.0184. The van der Waals surface area contributed by atoms with Crippen LogP contribution in [0, 0.1) is 24.0 Å². The summed E-state index contributed by atoms with van der Waals surface area (Å²) < 4.78 is 0. The van der Waals surface area contributed by atoms with Gasteiger partial charge in [0.25, 0.3) is 5.69 Å². The number of benzene rings is 2. The zero-order chi connectivity index (χ0) is 15.4. The number of non-ortho nitro benzene ring substituents is 1. The number of aryl methyl sites for hydroxylation is 2. The summed E-state index contributed by atoms with van der Waals surface area (Å²) in [6.45, 7) is 3.96. The van der Waals surface area contributed by atoms with E-state index in [0.29, 0.717) is 11.4 Å². The van der Waals surface area contributed by atoms with Gasteiger partial charge in [0, 0.05) is 23.5 Å². The fourth-order valence-corrected chi connectivity index (χ4v) is 1.78. The fraction of sp³-hybridized carbons (Fsp3) is 0.133. The van der Waals surface area contributed by atoms with Crippen molar-refractivity contribution in [3.63, 3.8) is 0 Å². The van der Waals surface area contributed by atoms with Crippen LogP contribution < -0.4 is 10.6 Å². The largest absolute Gasteiger partial charge is 0.323 e. The van der Waals surface area contributed by atoms with Gasteiger partial charge in [0.05, 0.1) is 4.92 Å². The molecule has 2 aromatic carbocycles. The lowest BCUT2D eigenvalue weighted by Gasteiger charge is -2.09. The number of rotatable bonds is 3. The van der Waals surface area contributed by atoms with Crippen LogP contribution in [0.4, 0.5) is 21.9 Å². The molecule has 6 nitrogen and oxygen atoms in total. The van der Waals surface area contributed by atoms with Crippen molar-refractivity contribution in [2.24, 2.45) is 0 Å². The van der Waals surface area contributed by atoms with E-state index in [9.17, 15) is 14.9 Å². The van der Waals surface area contributed by atoms with Crippen LogP contribution in [-0.2, 0) is 0 Å². The van der Waals surface area contributed by atoms with Crippen molar-refractivity contribution in [1.29, 1.82) is 0 Å². The predicted molar refractivity (Wildman–Crippen MR) is 81.7 cm³/mol. The highest BCUT2D eigenvalue weighted by Gasteiger charge is 2.07. The number of carbonyl (C=O) groups is 1. The molecule has 0 spiro atoms. The Hall–Kier alpha value is -2.89. The maximum absolute atomic E-state index is 11.8. The molecule has 108 valence electrons. The zero-order valence-corrected chi connectivity index (χ0v) is 11.7. The van der Waals surface area contributed by atoms with Crippen LogP contribution >= 0.6 is 0 Å². The standard InChI is InChI=1S/C15H15N3O3/c1-10-3-4-13(9-11(10)2)17-15(19)16-12-5-7-14(8-6-12)18(20)21/h3-9H,1-2H3,(H2,16,17,19). The number of hydrogen-bond acceptors (Lipinski definition) is 3. The van der Waals surface area contributed by atoms with Gasteiger partial charge in [-0.15, -0.1) is 0 Å². The van der Waals surface area contributed by atoms with Gasteiger partial charge < -0.3 is 10.6 Å². The summed E-state index contributed by atoms with van der Waals surface area (Å²) in [4.78, 5) is 21.9. The molecule has 2 amide bonds. The van der Waals surface area contributed by atoms with Crippen LogP contribution in [0.2, 0.25) is 0 Å². The second kappa shape index (κ2) is 6.04. The minimum atomic E-state index is -0.487. The molecule has 0 heterocycles. The van der Waals surface area contributed by atoms with Gasteiger partial charge in [0.1, 0.15) is 0 Å². The molecule has 2 rings (SSSR count). The van der Waals surface area contributed by atoms with Crippen molar-refractivity contribution in [2.45, 2.75) is 13.8 Å². The molecule has 0 saturated heterocycles. The van der Waals surface area contributed by atoms with Gasteiger partial charge in [0.15, 0.2) is 0 Å². The molecule has 0 aliphatic rings. The van der Waals surface area contributed by atoms with Crippen LogP contribution in [0.15, 0.2) is 42.5 Å². The van der Waals surface area contributed by atoms with Crippen LogP contribution in [-0.4, -0.2) is 11.0 Å². The lowest BCUT2D eigenvalue weighted by molar-refractivity contribution is -0.384. The predicted octanol–water partition coefficient (Wildman–Crippen LogP) is 3.86. The maximum Gasteiger partial charge on any atom is 0.323 e. The van der Waals surface area contributed by atoms with Gasteiger partial charge in [-0.1, -0.05) is 6.07 Å². The first-order chi connectivity index (χ1) is 9.95. The summed E-state index contributed by atoms with van der Waals surface area (Å²) in [6.07, 6.45) is 0. The Labute approximate surface area is 121 Å². The van der Waals surface area contributed by atoms with Crippen LogP contribution in [0.1, 0.15) is 11.1 Å². The molecular weight excluding hydrogens is 270 g/mol. The Morgan fingerprint density at radius 2 is 1.52 bits per heavy atom. The quantitative estimate of drug-likeness (QED) is 0.663. The molecule has 0 unspecified atom stereocenters. The number of urea groups is 1. The molecule has 6 heteroatoms. The third-order valence-corrected chi connectivity index (χ3v) is 3.10. The summed E-state index contributed by atoms with van der Waals surface area (Å²) in [7, 11) is 0. The highest BCUT2D eigenvalue weighted by molar-refractivity contribution is 5.99. The Morgan fingerprint density at radius 3 is 2.10 bits per heavy atom. The van der Waals surface area contributed by atoms with E-state index in [-0.39, 0.29) is 5.69 Å². The molecule has 2 N–H and O–H groups in total. The second-order valence-electron chi connectivity index (χ2n) is 4.68. The molecule has 0 fully saturated rings. The molecule has 0 atom stereocenters. The third kappa shape index (κ3) is 3.79. The normalized spacial score (nSPS) is 10.0. The SMILES string of the molecule is Cc1ccc(NC(=O)Nc2ccc([N+](=O)[O-])cc2)cc1C. The molecule has 0 aliphatic heterocycles. The molecule has 0 bridgehead atoms. The van der Waals surface area contributed by atoms with Crippen molar-refractivity contribution >= 4 is 23.1 Å². The summed E-state index contributed by atoms with van der Waals surface area (Å²) in [5.41, 5.74) is 3.40. The number of amides is 2. The number of anilines is 2. The average Bonchev–Trinajstić information content (AvgIpc) is 2.43. The van der Waals surface area contributed by atoms with Gasteiger partial charge in [-0.3, -0.25) is 10.1 Å². The van der Waals surface area contributed by atoms with Gasteiger partial charge >= 0.3 is 6.03 Å². The third-order valence-electron chi connectivity index (χ3n) is 3.10. The van der Waals surface area contributed by atoms with E-state index in [1.165, 1.54) is 24.3 Å². The topological polar surface area (TPSA) is 84.3 Å². The number of nitrogens with zero attached hydrogens (tertiary/aromatic N) is 1. The van der Waals surface area contributed by atoms with Gasteiger partial charge in [-0.05, 0) is 49.2 Å². The van der Waals surface area contributed by atoms with E-state index in [1.807, 2.05) is 32.0 Å². The van der Waals surface area contributed by atoms with Gasteiger partial charge in [-0.2, -0.15) is 0 Å². The average molecular weight is 285 g/mol. The first kappa shape index (κ1) is 14.5. The molecule has 0 aliphatic carbocycles. The van der Waals surface area contributed by atoms with E-state index in [1.54, 1.807) is 0 Å². The van der Waals surface area contributed by atoms with E-state index < -0.39 is 11.0 Å². The number of nitro groups is 1. The Bertz CT molecular complexity index is 681. The first-order valence-corrected chi connectivity index (χ1v) is 6.35. The van der Waals surface area contributed by atoms with Crippen molar-refractivity contribution in [1.82, 2.24) is 0 Å². The monoisotopic (exact) mass is 285 g/mol. The fourth-order valence-electron chi connectivity index (χ4n) is 1.78. The molecule has 0 saturated carbocycles. The summed E-state index contributed by atoms with van der Waals surface area (Å²) in [5, 5.41) is 15.9. The lowest BCUT2D eigenvalue weighted by Crippen LogP contribution is -2.19. The van der Waals surface area contributed by atoms with E-state index in [2.05, 4.69) is 10.6 Å². The Balaban J connectivity index is 2.01. The number of hydrogen-bond donors (Lipinski definition) is 2. The van der Waals surface area contributed by atoms with E-state index in [0.717, 1.165) is 11.1 Å². The minimum Gasteiger partial charge on any atom is -0.308 e. The molecule has 2 aromatic rings. The van der Waals surface area contributed by atoms with E-state index in [4.69, 9.17) is 0 Å². The van der Waals surface area contributed by atoms with Gasteiger partial charge in [-0.25, -0.2) is 4.79 Å². The van der Waals surface area contributed by atoms with Crippen molar-refractivity contribution in [2.75, 3.05) is 10.6 Å². The van der Waals surface area contributed by atoms with Crippen molar-refractivity contribution in [3.8, 4) is 0 Å². The molecule has 0 aromatic heterocycles. The Kier molecular flexibility index (Phi) is 4.18. The van der Waals surface area contributed by atoms with Crippen LogP contribution in [0.5, 0.6) is 0 Å². The number of carbonyl (C=O) groups excluding carboxylic acids is 1. The Morgan fingerprint density at radius 1 is 0.952 bits per heavy atom. The molecule has 0 radical (unpaired) electrons. The first-order valence-electron chi connectivity index (χ1n) is 6.35. The zero-order valence-electron chi connectivity index (χ0n) is 11.7. The summed E-state index contributed by atoms with van der Waals surface area (Å²) in [5.74, 6) is 0. The molecule has 21 heavy (non-hydrogen) atoms. The lowest BCUT2D eigenvalue weighted by atomic mass is 10.1. The highest BCUT2D eigenvalue weighted by Crippen LogP contribution is 2.17. The number of nitrogens with one attached hydrogen (secondary N) is 2. The summed E-state index contributed by atoms with van der Waals surface area (Å²) >= 11 is 0. The maximum atomic E-state index is 11.8. The smallest absolute Gasteiger partial charge is 0.308 e. The van der Waals surface area contributed by atoms with Crippen molar-refractivity contribution < 1.29 is 9.72 Å². The van der Waals surface area contributed by atoms with Crippen molar-refractivity contribution in [3.05, 3.63) is 63.7 Å². The van der Waals surface area contributed by atoms with Crippen LogP contribution in [0.25, 0.3) is 0 Å². The number of nitro benzene ring substituents is 1. The highest BCUT2D eigenvalue weighted by atomic mass is 16.6. The van der Waals surface area contributed by atoms with Gasteiger partial charge in [0.2, 0.25) is 0 Å². The second-order valence-corrected chi connectivity index (χ2v) is 4.68. The molecular formula is C15H15N3O3. The van der Waals surface area contributed by atoms with Crippen LogP contribution in [0.3, 0.4) is 0 Å². The van der Waals surface area contributed by atoms with E-state index >= 15 is 0 Å². The summed E-state index contributed by atoms with van der Waals surface area (Å²) in [6, 6.07) is 10.9.